The van der Waals surface area contributed by atoms with E-state index in [1.54, 1.807) is 12.2 Å². The molecule has 1 N–H and O–H groups in total. The molecule has 3 aliphatic heterocycles. The lowest BCUT2D eigenvalue weighted by Crippen LogP contribution is -2.40. The Balaban J connectivity index is 1.79. The number of ether oxygens (including phenoxy) is 1. The Labute approximate surface area is 107 Å². The van der Waals surface area contributed by atoms with Crippen LogP contribution in [0.25, 0.3) is 0 Å². The summed E-state index contributed by atoms with van der Waals surface area (Å²) in [6.45, 7) is 0. The molecule has 0 aliphatic carbocycles. The average molecular weight is 298 g/mol. The lowest BCUT2D eigenvalue weighted by Gasteiger charge is -2.12. The molecule has 0 spiro atoms. The second kappa shape index (κ2) is 3.95. The van der Waals surface area contributed by atoms with Gasteiger partial charge in [-0.3, -0.25) is 9.59 Å². The third-order valence-electron chi connectivity index (χ3n) is 3.21. The van der Waals surface area contributed by atoms with Gasteiger partial charge in [0.1, 0.15) is 0 Å². The van der Waals surface area contributed by atoms with Crippen molar-refractivity contribution in [1.82, 2.24) is 5.06 Å². The fourth-order valence-corrected chi connectivity index (χ4v) is 2.84. The minimum Gasteiger partial charge on any atom is -0.365 e. The van der Waals surface area contributed by atoms with Gasteiger partial charge in [0.05, 0.1) is 24.0 Å². The van der Waals surface area contributed by atoms with Gasteiger partial charge in [0.25, 0.3) is 11.8 Å². The number of hydrogen-bond acceptors (Lipinski definition) is 5. The standard InChI is InChI=1S/C9H7F3NO5S/c10-9(11,12)19(16)18-13-7(14)5-3-1-2-4(17-3)6(5)8(13)15/h1-6,16H/q+1. The van der Waals surface area contributed by atoms with Crippen molar-refractivity contribution in [2.45, 2.75) is 17.7 Å². The molecule has 10 heteroatoms. The van der Waals surface area contributed by atoms with E-state index in [2.05, 4.69) is 4.28 Å². The van der Waals surface area contributed by atoms with Crippen LogP contribution in [0, 0.1) is 11.8 Å². The summed E-state index contributed by atoms with van der Waals surface area (Å²) in [7, 11) is 0. The van der Waals surface area contributed by atoms with Crippen LogP contribution in [-0.4, -0.2) is 39.1 Å². The first kappa shape index (κ1) is 12.9. The van der Waals surface area contributed by atoms with Crippen molar-refractivity contribution in [3.63, 3.8) is 0 Å². The Bertz CT molecular complexity index is 451. The van der Waals surface area contributed by atoms with Gasteiger partial charge in [0.15, 0.2) is 0 Å². The smallest absolute Gasteiger partial charge is 0.365 e. The van der Waals surface area contributed by atoms with Crippen LogP contribution in [0.2, 0.25) is 0 Å². The molecule has 6 nitrogen and oxygen atoms in total. The van der Waals surface area contributed by atoms with Gasteiger partial charge in [0, 0.05) is 4.28 Å². The molecule has 5 unspecified atom stereocenters. The van der Waals surface area contributed by atoms with Crippen molar-refractivity contribution >= 4 is 23.3 Å². The maximum atomic E-state index is 12.2. The molecule has 2 amide bonds. The van der Waals surface area contributed by atoms with Crippen molar-refractivity contribution < 1.29 is 36.3 Å². The summed E-state index contributed by atoms with van der Waals surface area (Å²) < 4.78 is 54.6. The molecule has 0 saturated carbocycles. The van der Waals surface area contributed by atoms with E-state index in [4.69, 9.17) is 9.29 Å². The predicted octanol–water partition coefficient (Wildman–Crippen LogP) is 0.382. The molecule has 3 aliphatic rings. The van der Waals surface area contributed by atoms with E-state index in [1.807, 2.05) is 0 Å². The molecule has 19 heavy (non-hydrogen) atoms. The number of alkyl halides is 3. The average Bonchev–Trinajstić information content (AvgIpc) is 2.97. The van der Waals surface area contributed by atoms with Crippen LogP contribution in [0.15, 0.2) is 12.2 Å². The van der Waals surface area contributed by atoms with Gasteiger partial charge in [-0.15, -0.1) is 17.7 Å². The van der Waals surface area contributed by atoms with Crippen LogP contribution >= 0.6 is 0 Å². The Hall–Kier alpha value is -1.10. The number of amides is 2. The van der Waals surface area contributed by atoms with Gasteiger partial charge in [-0.1, -0.05) is 17.2 Å². The highest BCUT2D eigenvalue weighted by Crippen LogP contribution is 2.45. The quantitative estimate of drug-likeness (QED) is 0.453. The minimum absolute atomic E-state index is 0.0153. The first-order chi connectivity index (χ1) is 8.80. The number of hydroxylamine groups is 2. The minimum atomic E-state index is -5.05. The molecule has 2 saturated heterocycles. The van der Waals surface area contributed by atoms with Crippen LogP contribution in [0.4, 0.5) is 13.2 Å². The fourth-order valence-electron chi connectivity index (χ4n) is 2.46. The summed E-state index contributed by atoms with van der Waals surface area (Å²) in [6, 6.07) is 0. The molecule has 0 aromatic heterocycles. The zero-order valence-corrected chi connectivity index (χ0v) is 9.85. The third-order valence-corrected chi connectivity index (χ3v) is 3.90. The number of nitrogens with zero attached hydrogens (tertiary/aromatic N) is 1. The van der Waals surface area contributed by atoms with Gasteiger partial charge < -0.3 is 4.74 Å². The number of halogens is 3. The van der Waals surface area contributed by atoms with Crippen LogP contribution in [0.1, 0.15) is 0 Å². The largest absolute Gasteiger partial charge is 0.646 e. The predicted molar refractivity (Wildman–Crippen MR) is 53.8 cm³/mol. The van der Waals surface area contributed by atoms with Gasteiger partial charge in [-0.2, -0.15) is 0 Å². The van der Waals surface area contributed by atoms with E-state index < -0.39 is 52.8 Å². The molecule has 104 valence electrons. The maximum Gasteiger partial charge on any atom is 0.646 e. The molecule has 5 atom stereocenters. The lowest BCUT2D eigenvalue weighted by molar-refractivity contribution is -0.171. The highest BCUT2D eigenvalue weighted by molar-refractivity contribution is 7.87. The molecule has 3 heterocycles. The van der Waals surface area contributed by atoms with Crippen molar-refractivity contribution in [1.29, 1.82) is 0 Å². The second-order valence-corrected chi connectivity index (χ2v) is 5.35. The summed E-state index contributed by atoms with van der Waals surface area (Å²) in [4.78, 5) is 23.7. The van der Waals surface area contributed by atoms with Crippen molar-refractivity contribution in [3.05, 3.63) is 12.2 Å². The summed E-state index contributed by atoms with van der Waals surface area (Å²) in [6.07, 6.45) is 1.93. The molecular weight excluding hydrogens is 291 g/mol. The van der Waals surface area contributed by atoms with Crippen LogP contribution in [0.5, 0.6) is 0 Å². The Morgan fingerprint density at radius 2 is 1.68 bits per heavy atom. The normalized spacial score (nSPS) is 38.2. The molecule has 2 bridgehead atoms. The number of hydrogen-bond donors (Lipinski definition) is 1. The number of fused-ring (bicyclic) bond motifs is 5. The number of rotatable bonds is 2. The zero-order chi connectivity index (χ0) is 13.9. The molecule has 0 aromatic carbocycles. The van der Waals surface area contributed by atoms with E-state index in [1.165, 1.54) is 0 Å². The first-order valence-electron chi connectivity index (χ1n) is 5.21. The van der Waals surface area contributed by atoms with Gasteiger partial charge in [-0.25, -0.2) is 0 Å². The SMILES string of the molecule is O=C1C2C3C=CC(O3)C2C(=O)N1O[S+](O)C(F)(F)F. The van der Waals surface area contributed by atoms with Crippen molar-refractivity contribution in [2.75, 3.05) is 0 Å². The Kier molecular flexibility index (Phi) is 2.68. The van der Waals surface area contributed by atoms with Crippen LogP contribution in [-0.2, 0) is 30.1 Å². The highest BCUT2D eigenvalue weighted by Gasteiger charge is 2.66. The van der Waals surface area contributed by atoms with Crippen molar-refractivity contribution in [2.24, 2.45) is 11.8 Å². The van der Waals surface area contributed by atoms with E-state index in [-0.39, 0.29) is 5.06 Å². The number of carbonyl (C=O) groups is 2. The van der Waals surface area contributed by atoms with E-state index >= 15 is 0 Å². The maximum absolute atomic E-state index is 12.2. The topological polar surface area (TPSA) is 76.1 Å². The zero-order valence-electron chi connectivity index (χ0n) is 9.03. The molecule has 3 rings (SSSR count). The summed E-state index contributed by atoms with van der Waals surface area (Å²) in [5.41, 5.74) is -5.05. The summed E-state index contributed by atoms with van der Waals surface area (Å²) in [5.74, 6) is -3.56. The Morgan fingerprint density at radius 1 is 1.21 bits per heavy atom. The second-order valence-electron chi connectivity index (χ2n) is 4.24. The van der Waals surface area contributed by atoms with Crippen LogP contribution < -0.4 is 0 Å². The van der Waals surface area contributed by atoms with Crippen molar-refractivity contribution in [3.8, 4) is 0 Å². The summed E-state index contributed by atoms with van der Waals surface area (Å²) >= 11 is -3.51. The molecular formula is C9H7F3NO5S+. The highest BCUT2D eigenvalue weighted by atomic mass is 32.2. The van der Waals surface area contributed by atoms with E-state index in [0.717, 1.165) is 0 Å². The summed E-state index contributed by atoms with van der Waals surface area (Å²) in [5, 5.41) is 0.0153. The van der Waals surface area contributed by atoms with Gasteiger partial charge >= 0.3 is 17.0 Å². The molecule has 0 radical (unpaired) electrons. The number of carbonyl (C=O) groups excluding carboxylic acids is 2. The third kappa shape index (κ3) is 1.78. The lowest BCUT2D eigenvalue weighted by atomic mass is 9.85. The van der Waals surface area contributed by atoms with E-state index in [9.17, 15) is 22.8 Å². The van der Waals surface area contributed by atoms with Gasteiger partial charge in [0.2, 0.25) is 0 Å². The molecule has 0 aromatic rings. The number of imide groups is 1. The van der Waals surface area contributed by atoms with E-state index in [0.29, 0.717) is 0 Å². The fraction of sp³-hybridized carbons (Fsp3) is 0.556. The monoisotopic (exact) mass is 298 g/mol. The van der Waals surface area contributed by atoms with Crippen LogP contribution in [0.3, 0.4) is 0 Å². The molecule has 2 fully saturated rings. The Morgan fingerprint density at radius 3 is 2.11 bits per heavy atom. The first-order valence-corrected chi connectivity index (χ1v) is 6.31. The van der Waals surface area contributed by atoms with Gasteiger partial charge in [-0.05, 0) is 0 Å².